The van der Waals surface area contributed by atoms with E-state index in [-0.39, 0.29) is 12.0 Å². The number of carbonyl (C=O) groups excluding carboxylic acids is 1. The Morgan fingerprint density at radius 3 is 2.67 bits per heavy atom. The summed E-state index contributed by atoms with van der Waals surface area (Å²) in [4.78, 5) is 14.5. The van der Waals surface area contributed by atoms with E-state index in [4.69, 9.17) is 4.74 Å². The van der Waals surface area contributed by atoms with Crippen molar-refractivity contribution in [2.75, 3.05) is 31.0 Å². The van der Waals surface area contributed by atoms with Gasteiger partial charge >= 0.3 is 5.97 Å². The molecule has 128 valence electrons. The molecule has 0 saturated heterocycles. The van der Waals surface area contributed by atoms with Gasteiger partial charge in [-0.05, 0) is 31.5 Å². The Hall–Kier alpha value is -2.22. The molecule has 1 aliphatic heterocycles. The van der Waals surface area contributed by atoms with Crippen molar-refractivity contribution < 1.29 is 9.53 Å². The number of fused-ring (bicyclic) bond motifs is 1. The van der Waals surface area contributed by atoms with E-state index in [1.165, 1.54) is 11.8 Å². The average Bonchev–Trinajstić information content (AvgIpc) is 2.94. The van der Waals surface area contributed by atoms with Crippen molar-refractivity contribution in [1.82, 2.24) is 14.9 Å². The van der Waals surface area contributed by atoms with E-state index in [2.05, 4.69) is 15.6 Å². The van der Waals surface area contributed by atoms with Gasteiger partial charge in [0, 0.05) is 19.8 Å². The predicted molar refractivity (Wildman–Crippen MR) is 93.9 cm³/mol. The lowest BCUT2D eigenvalue weighted by Crippen LogP contribution is -2.39. The fourth-order valence-electron chi connectivity index (χ4n) is 2.59. The topological polar surface area (TPSA) is 72.3 Å². The standard InChI is InChI=1S/C16H21N5O2S/c1-5-23-15(22)14-13(11-6-8-12(9-7-11)20(3)4)19-21-10(2)17-18-16(21)24-14/h6-9,13-14,19H,5H2,1-4H3/t13-,14-/m1/s1. The van der Waals surface area contributed by atoms with Crippen molar-refractivity contribution >= 4 is 23.4 Å². The maximum atomic E-state index is 12.4. The third-order valence-electron chi connectivity index (χ3n) is 3.89. The molecule has 0 unspecified atom stereocenters. The number of hydrogen-bond acceptors (Lipinski definition) is 7. The number of aryl methyl sites for hydroxylation is 1. The number of nitrogens with zero attached hydrogens (tertiary/aromatic N) is 4. The zero-order valence-corrected chi connectivity index (χ0v) is 15.0. The lowest BCUT2D eigenvalue weighted by Gasteiger charge is -2.32. The van der Waals surface area contributed by atoms with Gasteiger partial charge in [-0.15, -0.1) is 10.2 Å². The van der Waals surface area contributed by atoms with E-state index in [0.29, 0.717) is 11.8 Å². The molecule has 0 amide bonds. The van der Waals surface area contributed by atoms with Gasteiger partial charge in [-0.3, -0.25) is 4.79 Å². The number of rotatable bonds is 4. The van der Waals surface area contributed by atoms with Gasteiger partial charge in [0.15, 0.2) is 0 Å². The molecule has 0 aliphatic carbocycles. The van der Waals surface area contributed by atoms with E-state index in [1.807, 2.05) is 61.8 Å². The van der Waals surface area contributed by atoms with Crippen LogP contribution in [-0.4, -0.2) is 46.8 Å². The normalized spacial score (nSPS) is 19.3. The fourth-order valence-corrected chi connectivity index (χ4v) is 3.72. The van der Waals surface area contributed by atoms with Gasteiger partial charge < -0.3 is 15.1 Å². The summed E-state index contributed by atoms with van der Waals surface area (Å²) in [5.41, 5.74) is 5.48. The van der Waals surface area contributed by atoms with Crippen LogP contribution in [-0.2, 0) is 9.53 Å². The summed E-state index contributed by atoms with van der Waals surface area (Å²) < 4.78 is 7.08. The molecule has 1 aromatic heterocycles. The van der Waals surface area contributed by atoms with Gasteiger partial charge in [-0.1, -0.05) is 23.9 Å². The van der Waals surface area contributed by atoms with Crippen molar-refractivity contribution in [3.05, 3.63) is 35.7 Å². The molecular formula is C16H21N5O2S. The first kappa shape index (κ1) is 16.6. The summed E-state index contributed by atoms with van der Waals surface area (Å²) in [6, 6.07) is 7.93. The first-order valence-corrected chi connectivity index (χ1v) is 8.68. The molecule has 0 radical (unpaired) electrons. The SMILES string of the molecule is CCOC(=O)[C@@H]1Sc2nnc(C)n2N[C@@H]1c1ccc(N(C)C)cc1. The Labute approximate surface area is 145 Å². The highest BCUT2D eigenvalue weighted by molar-refractivity contribution is 8.00. The van der Waals surface area contributed by atoms with E-state index < -0.39 is 5.25 Å². The number of hydrogen-bond donors (Lipinski definition) is 1. The summed E-state index contributed by atoms with van der Waals surface area (Å²) in [5, 5.41) is 8.45. The molecule has 3 rings (SSSR count). The van der Waals surface area contributed by atoms with Crippen LogP contribution in [0, 0.1) is 6.92 Å². The summed E-state index contributed by atoms with van der Waals surface area (Å²) >= 11 is 1.38. The average molecular weight is 347 g/mol. The van der Waals surface area contributed by atoms with Crippen LogP contribution < -0.4 is 10.3 Å². The number of nitrogens with one attached hydrogen (secondary N) is 1. The first-order chi connectivity index (χ1) is 11.5. The van der Waals surface area contributed by atoms with Crippen LogP contribution in [0.2, 0.25) is 0 Å². The van der Waals surface area contributed by atoms with Crippen LogP contribution in [0.1, 0.15) is 24.4 Å². The van der Waals surface area contributed by atoms with Crippen LogP contribution in [0.25, 0.3) is 0 Å². The quantitative estimate of drug-likeness (QED) is 0.848. The molecule has 0 bridgehead atoms. The second-order valence-electron chi connectivity index (χ2n) is 5.75. The summed E-state index contributed by atoms with van der Waals surface area (Å²) in [6.45, 7) is 4.04. The Bertz CT molecular complexity index is 729. The second kappa shape index (κ2) is 6.72. The molecule has 2 atom stereocenters. The third-order valence-corrected chi connectivity index (χ3v) is 5.08. The number of carbonyl (C=O) groups is 1. The van der Waals surface area contributed by atoms with Crippen LogP contribution in [0.5, 0.6) is 0 Å². The van der Waals surface area contributed by atoms with Crippen molar-refractivity contribution in [2.45, 2.75) is 30.3 Å². The lowest BCUT2D eigenvalue weighted by molar-refractivity contribution is -0.142. The van der Waals surface area contributed by atoms with E-state index in [1.54, 1.807) is 0 Å². The Kier molecular flexibility index (Phi) is 4.66. The minimum absolute atomic E-state index is 0.215. The predicted octanol–water partition coefficient (Wildman–Crippen LogP) is 1.97. The van der Waals surface area contributed by atoms with Crippen LogP contribution in [0.4, 0.5) is 5.69 Å². The Morgan fingerprint density at radius 2 is 2.04 bits per heavy atom. The summed E-state index contributed by atoms with van der Waals surface area (Å²) in [6.07, 6.45) is 0. The Balaban J connectivity index is 1.95. The highest BCUT2D eigenvalue weighted by Crippen LogP contribution is 2.37. The van der Waals surface area contributed by atoms with Crippen molar-refractivity contribution in [2.24, 2.45) is 0 Å². The zero-order chi connectivity index (χ0) is 17.3. The lowest BCUT2D eigenvalue weighted by atomic mass is 10.0. The third kappa shape index (κ3) is 3.06. The molecule has 7 nitrogen and oxygen atoms in total. The number of thioether (sulfide) groups is 1. The highest BCUT2D eigenvalue weighted by atomic mass is 32.2. The maximum Gasteiger partial charge on any atom is 0.322 e. The molecule has 2 aromatic rings. The molecule has 1 aromatic carbocycles. The number of ether oxygens (including phenoxy) is 1. The first-order valence-electron chi connectivity index (χ1n) is 7.80. The van der Waals surface area contributed by atoms with Crippen molar-refractivity contribution in [1.29, 1.82) is 0 Å². The second-order valence-corrected chi connectivity index (χ2v) is 6.86. The zero-order valence-electron chi connectivity index (χ0n) is 14.2. The van der Waals surface area contributed by atoms with Gasteiger partial charge in [0.05, 0.1) is 12.6 Å². The van der Waals surface area contributed by atoms with E-state index in [0.717, 1.165) is 17.1 Å². The maximum absolute atomic E-state index is 12.4. The van der Waals surface area contributed by atoms with Gasteiger partial charge in [-0.2, -0.15) is 0 Å². The monoisotopic (exact) mass is 347 g/mol. The molecule has 1 N–H and O–H groups in total. The largest absolute Gasteiger partial charge is 0.465 e. The molecule has 0 saturated carbocycles. The van der Waals surface area contributed by atoms with Gasteiger partial charge in [0.1, 0.15) is 11.1 Å². The number of esters is 1. The fraction of sp³-hybridized carbons (Fsp3) is 0.438. The number of benzene rings is 1. The molecule has 8 heteroatoms. The van der Waals surface area contributed by atoms with Crippen LogP contribution in [0.15, 0.2) is 29.4 Å². The molecule has 0 spiro atoms. The van der Waals surface area contributed by atoms with Gasteiger partial charge in [-0.25, -0.2) is 4.68 Å². The van der Waals surface area contributed by atoms with Crippen molar-refractivity contribution in [3.8, 4) is 0 Å². The summed E-state index contributed by atoms with van der Waals surface area (Å²) in [5.74, 6) is 0.512. The molecule has 24 heavy (non-hydrogen) atoms. The van der Waals surface area contributed by atoms with Gasteiger partial charge in [0.2, 0.25) is 5.16 Å². The van der Waals surface area contributed by atoms with E-state index in [9.17, 15) is 4.79 Å². The molecule has 0 fully saturated rings. The molecule has 1 aliphatic rings. The highest BCUT2D eigenvalue weighted by Gasteiger charge is 2.38. The molecule has 2 heterocycles. The summed E-state index contributed by atoms with van der Waals surface area (Å²) in [7, 11) is 4.00. The van der Waals surface area contributed by atoms with Gasteiger partial charge in [0.25, 0.3) is 0 Å². The Morgan fingerprint density at radius 1 is 1.33 bits per heavy atom. The number of aromatic nitrogens is 3. The van der Waals surface area contributed by atoms with Crippen molar-refractivity contribution in [3.63, 3.8) is 0 Å². The van der Waals surface area contributed by atoms with Crippen LogP contribution in [0.3, 0.4) is 0 Å². The smallest absolute Gasteiger partial charge is 0.322 e. The minimum Gasteiger partial charge on any atom is -0.465 e. The minimum atomic E-state index is -0.411. The number of anilines is 1. The van der Waals surface area contributed by atoms with E-state index >= 15 is 0 Å². The van der Waals surface area contributed by atoms with Crippen LogP contribution >= 0.6 is 11.8 Å². The molecular weight excluding hydrogens is 326 g/mol.